The van der Waals surface area contributed by atoms with Crippen LogP contribution in [0.2, 0.25) is 0 Å². The number of carboxylic acids is 1. The number of hydrogen-bond acceptors (Lipinski definition) is 3. The molecule has 3 N–H and O–H groups in total. The molecule has 0 aliphatic rings. The molecule has 2 atom stereocenters. The van der Waals surface area contributed by atoms with Gasteiger partial charge in [-0.3, -0.25) is 4.79 Å². The fourth-order valence-corrected chi connectivity index (χ4v) is 2.09. The van der Waals surface area contributed by atoms with E-state index in [1.807, 2.05) is 30.3 Å². The summed E-state index contributed by atoms with van der Waals surface area (Å²) in [5, 5.41) is 8.77. The van der Waals surface area contributed by atoms with E-state index in [4.69, 9.17) is 15.6 Å². The maximum atomic E-state index is 10.7. The zero-order valence-electron chi connectivity index (χ0n) is 11.4. The Bertz CT molecular complexity index is 367. The summed E-state index contributed by atoms with van der Waals surface area (Å²) in [6.07, 6.45) is 1.90. The van der Waals surface area contributed by atoms with Crippen LogP contribution in [0.1, 0.15) is 26.2 Å². The van der Waals surface area contributed by atoms with E-state index in [1.54, 1.807) is 0 Å². The first kappa shape index (κ1) is 15.5. The van der Waals surface area contributed by atoms with E-state index < -0.39 is 5.97 Å². The van der Waals surface area contributed by atoms with Crippen LogP contribution in [-0.2, 0) is 4.79 Å². The van der Waals surface area contributed by atoms with Crippen molar-refractivity contribution < 1.29 is 14.6 Å². The van der Waals surface area contributed by atoms with Crippen molar-refractivity contribution in [2.75, 3.05) is 13.2 Å². The van der Waals surface area contributed by atoms with Crippen molar-refractivity contribution >= 4 is 5.97 Å². The third-order valence-electron chi connectivity index (χ3n) is 3.15. The van der Waals surface area contributed by atoms with Crippen LogP contribution in [0.3, 0.4) is 0 Å². The third kappa shape index (κ3) is 6.82. The van der Waals surface area contributed by atoms with Gasteiger partial charge in [-0.05, 0) is 43.4 Å². The Kier molecular flexibility index (Phi) is 6.97. The van der Waals surface area contributed by atoms with Gasteiger partial charge in [0, 0.05) is 6.42 Å². The zero-order valence-corrected chi connectivity index (χ0v) is 11.4. The molecule has 4 heteroatoms. The van der Waals surface area contributed by atoms with E-state index in [-0.39, 0.29) is 12.3 Å². The molecule has 106 valence electrons. The standard InChI is InChI=1S/C15H23NO3/c1-12(9-13(11-16)10-15(17)18)7-8-19-14-5-3-2-4-6-14/h2-6,12-13H,7-11,16H2,1H3,(H,17,18). The molecular weight excluding hydrogens is 242 g/mol. The second kappa shape index (κ2) is 8.53. The Labute approximate surface area is 114 Å². The number of rotatable bonds is 9. The second-order valence-corrected chi connectivity index (χ2v) is 4.99. The Morgan fingerprint density at radius 2 is 2.05 bits per heavy atom. The fraction of sp³-hybridized carbons (Fsp3) is 0.533. The van der Waals surface area contributed by atoms with Gasteiger partial charge in [0.1, 0.15) is 5.75 Å². The van der Waals surface area contributed by atoms with Crippen LogP contribution in [0.15, 0.2) is 30.3 Å². The average molecular weight is 265 g/mol. The molecule has 19 heavy (non-hydrogen) atoms. The largest absolute Gasteiger partial charge is 0.494 e. The summed E-state index contributed by atoms with van der Waals surface area (Å²) < 4.78 is 5.63. The molecule has 0 aliphatic heterocycles. The molecule has 0 aromatic heterocycles. The number of benzene rings is 1. The normalized spacial score (nSPS) is 13.8. The van der Waals surface area contributed by atoms with Gasteiger partial charge in [-0.1, -0.05) is 25.1 Å². The van der Waals surface area contributed by atoms with Crippen LogP contribution in [0.4, 0.5) is 0 Å². The highest BCUT2D eigenvalue weighted by Gasteiger charge is 2.15. The molecule has 0 aliphatic carbocycles. The van der Waals surface area contributed by atoms with Gasteiger partial charge in [-0.15, -0.1) is 0 Å². The maximum absolute atomic E-state index is 10.7. The van der Waals surface area contributed by atoms with Crippen molar-refractivity contribution in [3.63, 3.8) is 0 Å². The molecule has 0 spiro atoms. The number of nitrogens with two attached hydrogens (primary N) is 1. The summed E-state index contributed by atoms with van der Waals surface area (Å²) >= 11 is 0. The molecule has 0 amide bonds. The highest BCUT2D eigenvalue weighted by Crippen LogP contribution is 2.18. The summed E-state index contributed by atoms with van der Waals surface area (Å²) in [7, 11) is 0. The molecule has 0 bridgehead atoms. The molecule has 2 unspecified atom stereocenters. The molecule has 0 saturated heterocycles. The first-order valence-corrected chi connectivity index (χ1v) is 6.71. The van der Waals surface area contributed by atoms with Crippen molar-refractivity contribution in [3.8, 4) is 5.75 Å². The first-order chi connectivity index (χ1) is 9.11. The number of ether oxygens (including phenoxy) is 1. The Morgan fingerprint density at radius 3 is 2.63 bits per heavy atom. The monoisotopic (exact) mass is 265 g/mol. The van der Waals surface area contributed by atoms with Crippen LogP contribution < -0.4 is 10.5 Å². The molecule has 1 rings (SSSR count). The van der Waals surface area contributed by atoms with Crippen LogP contribution >= 0.6 is 0 Å². The van der Waals surface area contributed by atoms with Gasteiger partial charge in [-0.2, -0.15) is 0 Å². The summed E-state index contributed by atoms with van der Waals surface area (Å²) in [6, 6.07) is 9.69. The van der Waals surface area contributed by atoms with Crippen LogP contribution in [0.5, 0.6) is 5.75 Å². The van der Waals surface area contributed by atoms with Crippen molar-refractivity contribution in [1.82, 2.24) is 0 Å². The molecular formula is C15H23NO3. The Morgan fingerprint density at radius 1 is 1.37 bits per heavy atom. The minimum atomic E-state index is -0.775. The van der Waals surface area contributed by atoms with E-state index in [9.17, 15) is 4.79 Å². The topological polar surface area (TPSA) is 72.5 Å². The fourth-order valence-electron chi connectivity index (χ4n) is 2.09. The maximum Gasteiger partial charge on any atom is 0.303 e. The van der Waals surface area contributed by atoms with Gasteiger partial charge < -0.3 is 15.6 Å². The lowest BCUT2D eigenvalue weighted by molar-refractivity contribution is -0.138. The summed E-state index contributed by atoms with van der Waals surface area (Å²) in [4.78, 5) is 10.7. The SMILES string of the molecule is CC(CCOc1ccccc1)CC(CN)CC(=O)O. The molecule has 0 heterocycles. The number of carbonyl (C=O) groups is 1. The van der Waals surface area contributed by atoms with Gasteiger partial charge in [0.2, 0.25) is 0 Å². The number of hydrogen-bond donors (Lipinski definition) is 2. The lowest BCUT2D eigenvalue weighted by Crippen LogP contribution is -2.21. The molecule has 0 fully saturated rings. The molecule has 0 saturated carbocycles. The van der Waals surface area contributed by atoms with E-state index in [1.165, 1.54) is 0 Å². The Balaban J connectivity index is 2.23. The van der Waals surface area contributed by atoms with Crippen LogP contribution in [0, 0.1) is 11.8 Å². The number of para-hydroxylation sites is 1. The molecule has 0 radical (unpaired) electrons. The zero-order chi connectivity index (χ0) is 14.1. The van der Waals surface area contributed by atoms with Crippen molar-refractivity contribution in [2.45, 2.75) is 26.2 Å². The molecule has 1 aromatic rings. The number of carboxylic acid groups (broad SMARTS) is 1. The van der Waals surface area contributed by atoms with Gasteiger partial charge in [0.25, 0.3) is 0 Å². The summed E-state index contributed by atoms with van der Waals surface area (Å²) in [6.45, 7) is 3.19. The quantitative estimate of drug-likeness (QED) is 0.719. The lowest BCUT2D eigenvalue weighted by Gasteiger charge is -2.18. The van der Waals surface area contributed by atoms with E-state index in [0.717, 1.165) is 18.6 Å². The number of aliphatic carboxylic acids is 1. The Hall–Kier alpha value is -1.55. The second-order valence-electron chi connectivity index (χ2n) is 4.99. The summed E-state index contributed by atoms with van der Waals surface area (Å²) in [5.41, 5.74) is 5.59. The predicted molar refractivity (Wildman–Crippen MR) is 75.1 cm³/mol. The lowest BCUT2D eigenvalue weighted by atomic mass is 9.91. The van der Waals surface area contributed by atoms with E-state index >= 15 is 0 Å². The summed E-state index contributed by atoms with van der Waals surface area (Å²) in [5.74, 6) is 0.569. The van der Waals surface area contributed by atoms with Crippen LogP contribution in [0.25, 0.3) is 0 Å². The van der Waals surface area contributed by atoms with Gasteiger partial charge in [0.15, 0.2) is 0 Å². The van der Waals surface area contributed by atoms with Crippen molar-refractivity contribution in [3.05, 3.63) is 30.3 Å². The van der Waals surface area contributed by atoms with E-state index in [0.29, 0.717) is 19.1 Å². The third-order valence-corrected chi connectivity index (χ3v) is 3.15. The van der Waals surface area contributed by atoms with Gasteiger partial charge in [0.05, 0.1) is 6.61 Å². The highest BCUT2D eigenvalue weighted by atomic mass is 16.5. The van der Waals surface area contributed by atoms with Crippen molar-refractivity contribution in [2.24, 2.45) is 17.6 Å². The minimum absolute atomic E-state index is 0.0595. The predicted octanol–water partition coefficient (Wildman–Crippen LogP) is 2.53. The first-order valence-electron chi connectivity index (χ1n) is 6.71. The average Bonchev–Trinajstić information content (AvgIpc) is 2.38. The van der Waals surface area contributed by atoms with Crippen LogP contribution in [-0.4, -0.2) is 24.2 Å². The molecule has 1 aromatic carbocycles. The van der Waals surface area contributed by atoms with Gasteiger partial charge >= 0.3 is 5.97 Å². The van der Waals surface area contributed by atoms with Gasteiger partial charge in [-0.25, -0.2) is 0 Å². The van der Waals surface area contributed by atoms with Crippen molar-refractivity contribution in [1.29, 1.82) is 0 Å². The minimum Gasteiger partial charge on any atom is -0.494 e. The van der Waals surface area contributed by atoms with E-state index in [2.05, 4.69) is 6.92 Å². The molecule has 4 nitrogen and oxygen atoms in total. The highest BCUT2D eigenvalue weighted by molar-refractivity contribution is 5.67. The smallest absolute Gasteiger partial charge is 0.303 e.